The van der Waals surface area contributed by atoms with Crippen molar-refractivity contribution in [1.82, 2.24) is 25.5 Å². The minimum Gasteiger partial charge on any atom is -0.347 e. The molecule has 13 heavy (non-hydrogen) atoms. The van der Waals surface area contributed by atoms with E-state index in [9.17, 15) is 0 Å². The van der Waals surface area contributed by atoms with E-state index in [1.807, 2.05) is 12.4 Å². The standard InChI is InChI=1S/C8H11N5/c1(7-2-12-13-3-7)9-4-8-5-10-6-11-8/h2-3,5-6,9H,1,4H2,(H,10,11)(H,12,13). The molecule has 2 rings (SSSR count). The van der Waals surface area contributed by atoms with Gasteiger partial charge in [0.1, 0.15) is 0 Å². The Hall–Kier alpha value is -1.62. The number of rotatable bonds is 4. The minimum atomic E-state index is 0.797. The molecular weight excluding hydrogens is 166 g/mol. The summed E-state index contributed by atoms with van der Waals surface area (Å²) in [5, 5.41) is 9.87. The lowest BCUT2D eigenvalue weighted by Gasteiger charge is -1.99. The van der Waals surface area contributed by atoms with Gasteiger partial charge < -0.3 is 10.3 Å². The van der Waals surface area contributed by atoms with Crippen molar-refractivity contribution < 1.29 is 0 Å². The highest BCUT2D eigenvalue weighted by atomic mass is 15.1. The van der Waals surface area contributed by atoms with Gasteiger partial charge in [0.15, 0.2) is 0 Å². The Balaban J connectivity index is 1.76. The fourth-order valence-electron chi connectivity index (χ4n) is 1.10. The van der Waals surface area contributed by atoms with Crippen molar-refractivity contribution in [3.8, 4) is 0 Å². The Labute approximate surface area is 75.6 Å². The molecule has 0 amide bonds. The van der Waals surface area contributed by atoms with Gasteiger partial charge in [0, 0.05) is 36.7 Å². The van der Waals surface area contributed by atoms with E-state index in [1.165, 1.54) is 0 Å². The molecule has 0 bridgehead atoms. The summed E-state index contributed by atoms with van der Waals surface area (Å²) >= 11 is 0. The lowest BCUT2D eigenvalue weighted by molar-refractivity contribution is 0.682. The third-order valence-electron chi connectivity index (χ3n) is 1.75. The van der Waals surface area contributed by atoms with Gasteiger partial charge in [0.05, 0.1) is 12.5 Å². The maximum absolute atomic E-state index is 3.92. The molecule has 0 spiro atoms. The molecule has 0 aliphatic heterocycles. The molecule has 2 aromatic rings. The first-order chi connectivity index (χ1) is 6.45. The second-order valence-corrected chi connectivity index (χ2v) is 2.79. The number of aromatic amines is 2. The van der Waals surface area contributed by atoms with Crippen molar-refractivity contribution in [3.63, 3.8) is 0 Å². The molecule has 0 atom stereocenters. The van der Waals surface area contributed by atoms with E-state index in [0.29, 0.717) is 0 Å². The van der Waals surface area contributed by atoms with Crippen molar-refractivity contribution in [2.24, 2.45) is 0 Å². The van der Waals surface area contributed by atoms with Gasteiger partial charge in [-0.15, -0.1) is 0 Å². The van der Waals surface area contributed by atoms with Gasteiger partial charge in [0.2, 0.25) is 0 Å². The quantitative estimate of drug-likeness (QED) is 0.634. The summed E-state index contributed by atoms with van der Waals surface area (Å²) in [4.78, 5) is 6.94. The lowest BCUT2D eigenvalue weighted by atomic mass is 10.3. The molecule has 0 saturated carbocycles. The molecule has 0 fully saturated rings. The summed E-state index contributed by atoms with van der Waals surface area (Å²) < 4.78 is 0. The van der Waals surface area contributed by atoms with E-state index in [0.717, 1.165) is 24.3 Å². The summed E-state index contributed by atoms with van der Waals surface area (Å²) in [5.41, 5.74) is 2.24. The van der Waals surface area contributed by atoms with Gasteiger partial charge in [-0.05, 0) is 0 Å². The van der Waals surface area contributed by atoms with Gasteiger partial charge in [-0.2, -0.15) is 5.10 Å². The van der Waals surface area contributed by atoms with Gasteiger partial charge >= 0.3 is 0 Å². The van der Waals surface area contributed by atoms with Crippen LogP contribution >= 0.6 is 0 Å². The summed E-state index contributed by atoms with van der Waals surface area (Å²) in [6.07, 6.45) is 7.16. The number of imidazole rings is 1. The zero-order chi connectivity index (χ0) is 8.93. The molecule has 0 aromatic carbocycles. The Morgan fingerprint density at radius 3 is 3.00 bits per heavy atom. The maximum Gasteiger partial charge on any atom is 0.0922 e. The molecule has 3 N–H and O–H groups in total. The SMILES string of the molecule is c1ncc(CNCc2cn[nH]c2)[nH]1. The molecule has 68 valence electrons. The minimum absolute atomic E-state index is 0.797. The van der Waals surface area contributed by atoms with Crippen LogP contribution in [-0.2, 0) is 13.1 Å². The second kappa shape index (κ2) is 3.86. The van der Waals surface area contributed by atoms with Crippen molar-refractivity contribution >= 4 is 0 Å². The highest BCUT2D eigenvalue weighted by Gasteiger charge is 1.94. The van der Waals surface area contributed by atoms with Crippen molar-refractivity contribution in [2.75, 3.05) is 0 Å². The van der Waals surface area contributed by atoms with Crippen LogP contribution in [0.25, 0.3) is 0 Å². The number of H-pyrrole nitrogens is 2. The fraction of sp³-hybridized carbons (Fsp3) is 0.250. The van der Waals surface area contributed by atoms with Crippen LogP contribution in [-0.4, -0.2) is 20.2 Å². The normalized spacial score (nSPS) is 10.5. The van der Waals surface area contributed by atoms with Crippen LogP contribution in [0.4, 0.5) is 0 Å². The van der Waals surface area contributed by atoms with E-state index in [-0.39, 0.29) is 0 Å². The van der Waals surface area contributed by atoms with Crippen LogP contribution in [0.2, 0.25) is 0 Å². The average molecular weight is 177 g/mol. The number of aromatic nitrogens is 4. The van der Waals surface area contributed by atoms with Crippen LogP contribution < -0.4 is 5.32 Å². The lowest BCUT2D eigenvalue weighted by Crippen LogP contribution is -2.12. The summed E-state index contributed by atoms with van der Waals surface area (Å²) in [7, 11) is 0. The smallest absolute Gasteiger partial charge is 0.0922 e. The Bertz CT molecular complexity index is 289. The first-order valence-corrected chi connectivity index (χ1v) is 4.11. The summed E-state index contributed by atoms with van der Waals surface area (Å²) in [6, 6.07) is 0. The van der Waals surface area contributed by atoms with E-state index in [4.69, 9.17) is 0 Å². The predicted octanol–water partition coefficient (Wildman–Crippen LogP) is 0.423. The first-order valence-electron chi connectivity index (χ1n) is 4.11. The molecule has 5 nitrogen and oxygen atoms in total. The zero-order valence-corrected chi connectivity index (χ0v) is 7.12. The fourth-order valence-corrected chi connectivity index (χ4v) is 1.10. The second-order valence-electron chi connectivity index (χ2n) is 2.79. The molecule has 0 aliphatic carbocycles. The molecule has 0 unspecified atom stereocenters. The van der Waals surface area contributed by atoms with Crippen molar-refractivity contribution in [3.05, 3.63) is 36.2 Å². The summed E-state index contributed by atoms with van der Waals surface area (Å²) in [6.45, 7) is 1.61. The van der Waals surface area contributed by atoms with Crippen LogP contribution in [0.5, 0.6) is 0 Å². The van der Waals surface area contributed by atoms with Gasteiger partial charge in [0.25, 0.3) is 0 Å². The average Bonchev–Trinajstić information content (AvgIpc) is 2.75. The van der Waals surface area contributed by atoms with Gasteiger partial charge in [-0.25, -0.2) is 4.98 Å². The number of hydrogen-bond acceptors (Lipinski definition) is 3. The topological polar surface area (TPSA) is 69.4 Å². The molecule has 5 heteroatoms. The number of hydrogen-bond donors (Lipinski definition) is 3. The van der Waals surface area contributed by atoms with Crippen LogP contribution in [0, 0.1) is 0 Å². The highest BCUT2D eigenvalue weighted by Crippen LogP contribution is 1.94. The Morgan fingerprint density at radius 2 is 2.31 bits per heavy atom. The molecule has 0 aliphatic rings. The van der Waals surface area contributed by atoms with Crippen LogP contribution in [0.15, 0.2) is 24.9 Å². The zero-order valence-electron chi connectivity index (χ0n) is 7.12. The number of nitrogens with zero attached hydrogens (tertiary/aromatic N) is 2. The molecule has 0 saturated heterocycles. The monoisotopic (exact) mass is 177 g/mol. The highest BCUT2D eigenvalue weighted by molar-refractivity contribution is 5.02. The van der Waals surface area contributed by atoms with Crippen LogP contribution in [0.1, 0.15) is 11.3 Å². The molecule has 2 aromatic heterocycles. The molecule has 0 radical (unpaired) electrons. The van der Waals surface area contributed by atoms with E-state index >= 15 is 0 Å². The largest absolute Gasteiger partial charge is 0.347 e. The van der Waals surface area contributed by atoms with Crippen molar-refractivity contribution in [1.29, 1.82) is 0 Å². The van der Waals surface area contributed by atoms with E-state index in [2.05, 4.69) is 25.5 Å². The number of nitrogens with one attached hydrogen (secondary N) is 3. The first kappa shape index (κ1) is 8.00. The Morgan fingerprint density at radius 1 is 1.31 bits per heavy atom. The van der Waals surface area contributed by atoms with Gasteiger partial charge in [-0.3, -0.25) is 5.10 Å². The maximum atomic E-state index is 3.92. The summed E-state index contributed by atoms with van der Waals surface area (Å²) in [5.74, 6) is 0. The van der Waals surface area contributed by atoms with Crippen molar-refractivity contribution in [2.45, 2.75) is 13.1 Å². The van der Waals surface area contributed by atoms with E-state index < -0.39 is 0 Å². The van der Waals surface area contributed by atoms with Gasteiger partial charge in [-0.1, -0.05) is 0 Å². The third kappa shape index (κ3) is 2.16. The molecular formula is C8H11N5. The van der Waals surface area contributed by atoms with E-state index in [1.54, 1.807) is 12.5 Å². The molecule has 2 heterocycles. The Kier molecular flexibility index (Phi) is 2.38. The third-order valence-corrected chi connectivity index (χ3v) is 1.75. The van der Waals surface area contributed by atoms with Crippen LogP contribution in [0.3, 0.4) is 0 Å². The predicted molar refractivity (Wildman–Crippen MR) is 47.7 cm³/mol.